The largest absolute Gasteiger partial charge is 0.294 e. The molecule has 2 unspecified atom stereocenters. The average Bonchev–Trinajstić information content (AvgIpc) is 3.02. The van der Waals surface area contributed by atoms with Gasteiger partial charge in [0.05, 0.1) is 9.79 Å². The van der Waals surface area contributed by atoms with Gasteiger partial charge in [0.25, 0.3) is 20.2 Å². The van der Waals surface area contributed by atoms with Gasteiger partial charge in [-0.25, -0.2) is 0 Å². The third-order valence-corrected chi connectivity index (χ3v) is 11.2. The van der Waals surface area contributed by atoms with Gasteiger partial charge in [0.1, 0.15) is 0 Å². The predicted molar refractivity (Wildman–Crippen MR) is 191 cm³/mol. The zero-order valence-corrected chi connectivity index (χ0v) is 30.3. The Hall–Kier alpha value is -1.74. The lowest BCUT2D eigenvalue weighted by Crippen LogP contribution is -2.03. The molecule has 0 spiro atoms. The first-order valence-corrected chi connectivity index (χ1v) is 21.1. The van der Waals surface area contributed by atoms with E-state index in [0.717, 1.165) is 62.5 Å². The minimum absolute atomic E-state index is 0.0513. The van der Waals surface area contributed by atoms with Gasteiger partial charge in [0.2, 0.25) is 0 Å². The third kappa shape index (κ3) is 16.9. The van der Waals surface area contributed by atoms with E-state index >= 15 is 0 Å². The van der Waals surface area contributed by atoms with Crippen LogP contribution >= 0.6 is 0 Å². The molecule has 2 atom stereocenters. The van der Waals surface area contributed by atoms with Crippen molar-refractivity contribution in [2.24, 2.45) is 0 Å². The summed E-state index contributed by atoms with van der Waals surface area (Å²) in [5, 5.41) is 0. The summed E-state index contributed by atoms with van der Waals surface area (Å²) in [6, 6.07) is 13.6. The Balaban J connectivity index is 1.89. The number of rotatable bonds is 27. The molecule has 0 aliphatic rings. The summed E-state index contributed by atoms with van der Waals surface area (Å²) < 4.78 is 65.0. The predicted octanol–water partition coefficient (Wildman–Crippen LogP) is 11.7. The van der Waals surface area contributed by atoms with E-state index < -0.39 is 20.2 Å². The molecule has 6 nitrogen and oxygen atoms in total. The summed E-state index contributed by atoms with van der Waals surface area (Å²) >= 11 is 0. The van der Waals surface area contributed by atoms with Crippen LogP contribution in [0.25, 0.3) is 0 Å². The molecule has 0 saturated heterocycles. The van der Waals surface area contributed by atoms with Crippen molar-refractivity contribution in [1.29, 1.82) is 0 Å². The molecule has 0 aliphatic heterocycles. The highest BCUT2D eigenvalue weighted by Gasteiger charge is 2.16. The standard InChI is InChI=1S/C38H62O6S2/c1-3-5-7-9-11-13-17-21-33(35-25-29-37(30-26-35)45(39,40)41)23-19-15-16-20-24-34(22-18-14-12-10-8-6-4-2)36-27-31-38(32-28-36)46(42,43)44/h25-34H,3-24H2,1-2H3,(H,39,40,41)(H,42,43,44). The van der Waals surface area contributed by atoms with Crippen LogP contribution in [0.3, 0.4) is 0 Å². The van der Waals surface area contributed by atoms with Crippen LogP contribution in [0.4, 0.5) is 0 Å². The van der Waals surface area contributed by atoms with Crippen LogP contribution in [0.2, 0.25) is 0 Å². The summed E-state index contributed by atoms with van der Waals surface area (Å²) in [5.74, 6) is 0.773. The SMILES string of the molecule is CCCCCCCCCC(CCCCCCC(CCCCCCCCC)c1ccc(S(=O)(=O)O)cc1)c1ccc(S(=O)(=O)O)cc1. The molecule has 2 N–H and O–H groups in total. The normalized spacial score (nSPS) is 13.6. The Bertz CT molecular complexity index is 1170. The molecule has 0 bridgehead atoms. The van der Waals surface area contributed by atoms with E-state index in [1.807, 2.05) is 24.3 Å². The van der Waals surface area contributed by atoms with Crippen molar-refractivity contribution in [1.82, 2.24) is 0 Å². The second-order valence-electron chi connectivity index (χ2n) is 13.3. The highest BCUT2D eigenvalue weighted by Crippen LogP contribution is 2.32. The number of hydrogen-bond acceptors (Lipinski definition) is 4. The fourth-order valence-corrected chi connectivity index (χ4v) is 7.57. The van der Waals surface area contributed by atoms with Gasteiger partial charge in [0, 0.05) is 0 Å². The van der Waals surface area contributed by atoms with Gasteiger partial charge in [-0.05, 0) is 72.9 Å². The van der Waals surface area contributed by atoms with Crippen molar-refractivity contribution in [2.45, 2.75) is 177 Å². The summed E-state index contributed by atoms with van der Waals surface area (Å²) in [6.07, 6.45) is 26.5. The molecular weight excluding hydrogens is 617 g/mol. The van der Waals surface area contributed by atoms with Crippen LogP contribution in [-0.2, 0) is 20.2 Å². The molecule has 0 saturated carbocycles. The maximum Gasteiger partial charge on any atom is 0.294 e. The highest BCUT2D eigenvalue weighted by molar-refractivity contribution is 7.86. The lowest BCUT2D eigenvalue weighted by atomic mass is 9.86. The minimum atomic E-state index is -4.19. The molecule has 46 heavy (non-hydrogen) atoms. The molecule has 0 aromatic heterocycles. The topological polar surface area (TPSA) is 109 Å². The van der Waals surface area contributed by atoms with Crippen molar-refractivity contribution in [2.75, 3.05) is 0 Å². The van der Waals surface area contributed by atoms with Gasteiger partial charge in [-0.1, -0.05) is 154 Å². The second kappa shape index (κ2) is 22.8. The molecule has 0 aliphatic carbocycles. The van der Waals surface area contributed by atoms with Gasteiger partial charge >= 0.3 is 0 Å². The van der Waals surface area contributed by atoms with Gasteiger partial charge in [-0.15, -0.1) is 0 Å². The monoisotopic (exact) mass is 678 g/mol. The smallest absolute Gasteiger partial charge is 0.282 e. The third-order valence-electron chi connectivity index (χ3n) is 9.47. The lowest BCUT2D eigenvalue weighted by molar-refractivity contribution is 0.466. The Kier molecular flexibility index (Phi) is 20.0. The van der Waals surface area contributed by atoms with Gasteiger partial charge in [-0.2, -0.15) is 16.8 Å². The molecule has 0 radical (unpaired) electrons. The first-order valence-electron chi connectivity index (χ1n) is 18.2. The summed E-state index contributed by atoms with van der Waals surface area (Å²) in [4.78, 5) is -0.103. The van der Waals surface area contributed by atoms with Crippen molar-refractivity contribution < 1.29 is 25.9 Å². The molecule has 2 rings (SSSR count). The van der Waals surface area contributed by atoms with Crippen LogP contribution in [0.1, 0.15) is 178 Å². The molecule has 8 heteroatoms. The lowest BCUT2D eigenvalue weighted by Gasteiger charge is -2.19. The first kappa shape index (κ1) is 40.4. The van der Waals surface area contributed by atoms with Crippen molar-refractivity contribution in [3.05, 3.63) is 59.7 Å². The fraction of sp³-hybridized carbons (Fsp3) is 0.684. The van der Waals surface area contributed by atoms with Crippen LogP contribution < -0.4 is 0 Å². The van der Waals surface area contributed by atoms with Gasteiger partial charge < -0.3 is 0 Å². The molecule has 0 amide bonds. The molecule has 0 heterocycles. The number of hydrogen-bond donors (Lipinski definition) is 2. The van der Waals surface area contributed by atoms with E-state index in [1.54, 1.807) is 0 Å². The van der Waals surface area contributed by atoms with Crippen molar-refractivity contribution in [3.63, 3.8) is 0 Å². The van der Waals surface area contributed by atoms with E-state index in [0.29, 0.717) is 11.8 Å². The Morgan fingerprint density at radius 3 is 0.891 bits per heavy atom. The molecule has 2 aromatic rings. The Morgan fingerprint density at radius 1 is 0.413 bits per heavy atom. The maximum atomic E-state index is 11.5. The van der Waals surface area contributed by atoms with E-state index in [9.17, 15) is 25.9 Å². The molecule has 2 aromatic carbocycles. The van der Waals surface area contributed by atoms with Crippen molar-refractivity contribution in [3.8, 4) is 0 Å². The Labute approximate surface area is 281 Å². The van der Waals surface area contributed by atoms with Crippen LogP contribution in [0.15, 0.2) is 58.3 Å². The van der Waals surface area contributed by atoms with E-state index in [2.05, 4.69) is 13.8 Å². The minimum Gasteiger partial charge on any atom is -0.282 e. The van der Waals surface area contributed by atoms with Crippen molar-refractivity contribution >= 4 is 20.2 Å². The maximum absolute atomic E-state index is 11.5. The van der Waals surface area contributed by atoms with Gasteiger partial charge in [-0.3, -0.25) is 9.11 Å². The van der Waals surface area contributed by atoms with E-state index in [-0.39, 0.29) is 9.79 Å². The molecule has 0 fully saturated rings. The quantitative estimate of drug-likeness (QED) is 0.0719. The fourth-order valence-electron chi connectivity index (χ4n) is 6.61. The van der Waals surface area contributed by atoms with Gasteiger partial charge in [0.15, 0.2) is 0 Å². The molecular formula is C38H62O6S2. The summed E-state index contributed by atoms with van der Waals surface area (Å²) in [5.41, 5.74) is 2.31. The highest BCUT2D eigenvalue weighted by atomic mass is 32.2. The second-order valence-corrected chi connectivity index (χ2v) is 16.1. The van der Waals surface area contributed by atoms with Crippen LogP contribution in [-0.4, -0.2) is 25.9 Å². The zero-order valence-electron chi connectivity index (χ0n) is 28.7. The summed E-state index contributed by atoms with van der Waals surface area (Å²) in [7, 11) is -8.38. The zero-order chi connectivity index (χ0) is 33.7. The summed E-state index contributed by atoms with van der Waals surface area (Å²) in [6.45, 7) is 4.47. The average molecular weight is 679 g/mol. The molecule has 262 valence electrons. The number of benzene rings is 2. The van der Waals surface area contributed by atoms with E-state index in [1.165, 1.54) is 114 Å². The number of unbranched alkanes of at least 4 members (excludes halogenated alkanes) is 15. The van der Waals surface area contributed by atoms with Crippen LogP contribution in [0, 0.1) is 0 Å². The van der Waals surface area contributed by atoms with E-state index in [4.69, 9.17) is 0 Å². The van der Waals surface area contributed by atoms with Crippen LogP contribution in [0.5, 0.6) is 0 Å². The first-order chi connectivity index (χ1) is 22.1. The Morgan fingerprint density at radius 2 is 0.652 bits per heavy atom.